The van der Waals surface area contributed by atoms with Gasteiger partial charge in [-0.15, -0.1) is 0 Å². The van der Waals surface area contributed by atoms with Crippen molar-refractivity contribution in [2.75, 3.05) is 25.2 Å². The summed E-state index contributed by atoms with van der Waals surface area (Å²) in [6.07, 6.45) is 3.58. The average molecular weight is 274 g/mol. The number of methoxy groups -OCH3 is 1. The first-order valence-corrected chi connectivity index (χ1v) is 8.07. The largest absolute Gasteiger partial charge is 0.393 e. The van der Waals surface area contributed by atoms with Crippen molar-refractivity contribution >= 4 is 11.8 Å². The van der Waals surface area contributed by atoms with Gasteiger partial charge in [0.05, 0.1) is 17.3 Å². The van der Waals surface area contributed by atoms with Gasteiger partial charge in [-0.3, -0.25) is 0 Å². The van der Waals surface area contributed by atoms with Crippen LogP contribution in [0, 0.1) is 5.92 Å². The Hall–Kier alpha value is 0.230. The van der Waals surface area contributed by atoms with Gasteiger partial charge in [0.25, 0.3) is 0 Å². The molecule has 3 atom stereocenters. The van der Waals surface area contributed by atoms with Gasteiger partial charge in [-0.2, -0.15) is 11.8 Å². The zero-order chi connectivity index (χ0) is 13.2. The van der Waals surface area contributed by atoms with Gasteiger partial charge in [0.15, 0.2) is 0 Å². The Bertz CT molecular complexity index is 274. The summed E-state index contributed by atoms with van der Waals surface area (Å²) in [6.45, 7) is 4.88. The van der Waals surface area contributed by atoms with E-state index >= 15 is 0 Å². The molecule has 18 heavy (non-hydrogen) atoms. The molecule has 0 aromatic carbocycles. The minimum Gasteiger partial charge on any atom is -0.393 e. The van der Waals surface area contributed by atoms with E-state index in [0.29, 0.717) is 12.3 Å². The molecule has 2 aliphatic heterocycles. The molecule has 0 aliphatic carbocycles. The number of aliphatic hydroxyl groups is 1. The summed E-state index contributed by atoms with van der Waals surface area (Å²) < 4.78 is 11.4. The maximum absolute atomic E-state index is 10.4. The first-order chi connectivity index (χ1) is 8.46. The summed E-state index contributed by atoms with van der Waals surface area (Å²) in [5.74, 6) is 2.67. The number of aliphatic hydroxyl groups excluding tert-OH is 1. The van der Waals surface area contributed by atoms with Crippen molar-refractivity contribution in [1.29, 1.82) is 0 Å². The van der Waals surface area contributed by atoms with Crippen LogP contribution in [0.3, 0.4) is 0 Å². The summed E-state index contributed by atoms with van der Waals surface area (Å²) in [5.41, 5.74) is -0.179. The van der Waals surface area contributed by atoms with Gasteiger partial charge in [-0.25, -0.2) is 0 Å². The number of hydrogen-bond donors (Lipinski definition) is 1. The fourth-order valence-corrected chi connectivity index (χ4v) is 4.39. The predicted molar refractivity (Wildman–Crippen MR) is 75.1 cm³/mol. The molecule has 2 saturated heterocycles. The topological polar surface area (TPSA) is 38.7 Å². The lowest BCUT2D eigenvalue weighted by molar-refractivity contribution is -0.113. The highest BCUT2D eigenvalue weighted by Gasteiger charge is 2.42. The first kappa shape index (κ1) is 14.6. The Morgan fingerprint density at radius 2 is 2.33 bits per heavy atom. The van der Waals surface area contributed by atoms with Crippen LogP contribution in [0.25, 0.3) is 0 Å². The molecule has 106 valence electrons. The highest BCUT2D eigenvalue weighted by atomic mass is 32.2. The van der Waals surface area contributed by atoms with Crippen LogP contribution in [-0.2, 0) is 9.47 Å². The third-order valence-corrected chi connectivity index (χ3v) is 5.62. The van der Waals surface area contributed by atoms with E-state index in [1.807, 2.05) is 25.6 Å². The van der Waals surface area contributed by atoms with Crippen LogP contribution in [0.1, 0.15) is 39.5 Å². The maximum atomic E-state index is 10.4. The van der Waals surface area contributed by atoms with Crippen molar-refractivity contribution in [2.24, 2.45) is 5.92 Å². The zero-order valence-electron chi connectivity index (χ0n) is 11.8. The van der Waals surface area contributed by atoms with Crippen molar-refractivity contribution in [3.8, 4) is 0 Å². The van der Waals surface area contributed by atoms with Crippen LogP contribution in [-0.4, -0.2) is 47.6 Å². The summed E-state index contributed by atoms with van der Waals surface area (Å²) >= 11 is 1.98. The van der Waals surface area contributed by atoms with Gasteiger partial charge in [0, 0.05) is 25.9 Å². The quantitative estimate of drug-likeness (QED) is 0.855. The van der Waals surface area contributed by atoms with Gasteiger partial charge in [-0.1, -0.05) is 0 Å². The van der Waals surface area contributed by atoms with Gasteiger partial charge in [-0.05, 0) is 44.8 Å². The van der Waals surface area contributed by atoms with Gasteiger partial charge in [0.1, 0.15) is 0 Å². The fraction of sp³-hybridized carbons (Fsp3) is 1.00. The Balaban J connectivity index is 1.92. The van der Waals surface area contributed by atoms with Crippen LogP contribution >= 0.6 is 11.8 Å². The summed E-state index contributed by atoms with van der Waals surface area (Å²) in [4.78, 5) is 0. The first-order valence-electron chi connectivity index (χ1n) is 6.91. The molecule has 3 unspecified atom stereocenters. The molecule has 0 saturated carbocycles. The van der Waals surface area contributed by atoms with Crippen molar-refractivity contribution in [1.82, 2.24) is 0 Å². The molecule has 0 amide bonds. The Morgan fingerprint density at radius 1 is 1.56 bits per heavy atom. The molecule has 2 heterocycles. The molecular formula is C14H26O3S. The average Bonchev–Trinajstić information content (AvgIpc) is 2.77. The van der Waals surface area contributed by atoms with Crippen LogP contribution in [0.5, 0.6) is 0 Å². The van der Waals surface area contributed by atoms with Crippen molar-refractivity contribution in [2.45, 2.75) is 56.8 Å². The van der Waals surface area contributed by atoms with Crippen molar-refractivity contribution in [3.63, 3.8) is 0 Å². The summed E-state index contributed by atoms with van der Waals surface area (Å²) in [6, 6.07) is 0. The third-order valence-electron chi connectivity index (χ3n) is 4.40. The van der Waals surface area contributed by atoms with Gasteiger partial charge < -0.3 is 14.6 Å². The molecule has 2 aliphatic rings. The fourth-order valence-electron chi connectivity index (χ4n) is 3.01. The number of rotatable bonds is 4. The lowest BCUT2D eigenvalue weighted by atomic mass is 9.79. The molecule has 1 spiro atoms. The lowest BCUT2D eigenvalue weighted by Gasteiger charge is -2.40. The molecule has 2 fully saturated rings. The number of ether oxygens (including phenoxy) is 2. The van der Waals surface area contributed by atoms with Crippen LogP contribution < -0.4 is 0 Å². The predicted octanol–water partition coefficient (Wildman–Crippen LogP) is 2.46. The second-order valence-electron chi connectivity index (χ2n) is 6.32. The van der Waals surface area contributed by atoms with Gasteiger partial charge >= 0.3 is 0 Å². The highest BCUT2D eigenvalue weighted by molar-refractivity contribution is 7.99. The second kappa shape index (κ2) is 5.70. The summed E-state index contributed by atoms with van der Waals surface area (Å²) in [7, 11) is 1.71. The van der Waals surface area contributed by atoms with E-state index in [1.54, 1.807) is 7.11 Å². The number of hydrogen-bond acceptors (Lipinski definition) is 4. The molecule has 0 aromatic rings. The molecule has 0 radical (unpaired) electrons. The van der Waals surface area contributed by atoms with E-state index in [-0.39, 0.29) is 17.3 Å². The Labute approximate surface area is 115 Å². The van der Waals surface area contributed by atoms with Crippen molar-refractivity contribution < 1.29 is 14.6 Å². The number of thioether (sulfide) groups is 1. The standard InChI is InChI=1S/C14H26O3S/c1-13(2,16-3)9-12(15)11-4-6-17-14(8-11)5-7-18-10-14/h11-12,15H,4-10H2,1-3H3. The Morgan fingerprint density at radius 3 is 2.94 bits per heavy atom. The second-order valence-corrected chi connectivity index (χ2v) is 7.43. The zero-order valence-corrected chi connectivity index (χ0v) is 12.6. The van der Waals surface area contributed by atoms with E-state index in [1.165, 1.54) is 5.75 Å². The van der Waals surface area contributed by atoms with E-state index in [9.17, 15) is 5.11 Å². The van der Waals surface area contributed by atoms with E-state index in [4.69, 9.17) is 9.47 Å². The molecule has 0 aromatic heterocycles. The molecule has 1 N–H and O–H groups in total. The lowest BCUT2D eigenvalue weighted by Crippen LogP contribution is -2.44. The highest BCUT2D eigenvalue weighted by Crippen LogP contribution is 2.42. The van der Waals surface area contributed by atoms with E-state index in [0.717, 1.165) is 31.6 Å². The van der Waals surface area contributed by atoms with E-state index < -0.39 is 0 Å². The Kier molecular flexibility index (Phi) is 4.63. The van der Waals surface area contributed by atoms with Crippen molar-refractivity contribution in [3.05, 3.63) is 0 Å². The monoisotopic (exact) mass is 274 g/mol. The summed E-state index contributed by atoms with van der Waals surface area (Å²) in [5, 5.41) is 10.4. The third kappa shape index (κ3) is 3.41. The van der Waals surface area contributed by atoms with E-state index in [2.05, 4.69) is 0 Å². The molecular weight excluding hydrogens is 248 g/mol. The van der Waals surface area contributed by atoms with Crippen LogP contribution in [0.4, 0.5) is 0 Å². The smallest absolute Gasteiger partial charge is 0.0783 e. The molecule has 2 rings (SSSR count). The molecule has 4 heteroatoms. The molecule has 3 nitrogen and oxygen atoms in total. The van der Waals surface area contributed by atoms with Crippen LogP contribution in [0.2, 0.25) is 0 Å². The maximum Gasteiger partial charge on any atom is 0.0783 e. The minimum atomic E-state index is -0.272. The van der Waals surface area contributed by atoms with Crippen LogP contribution in [0.15, 0.2) is 0 Å². The molecule has 0 bridgehead atoms. The SMILES string of the molecule is COC(C)(C)CC(O)C1CCOC2(CCSC2)C1. The minimum absolute atomic E-state index is 0.0613. The van der Waals surface area contributed by atoms with Gasteiger partial charge in [0.2, 0.25) is 0 Å². The normalized spacial score (nSPS) is 35.0.